The molecule has 1 atom stereocenters. The summed E-state index contributed by atoms with van der Waals surface area (Å²) in [6, 6.07) is 14.3. The minimum absolute atomic E-state index is 0.382. The molecule has 1 unspecified atom stereocenters. The van der Waals surface area contributed by atoms with Crippen LogP contribution in [0.5, 0.6) is 0 Å². The van der Waals surface area contributed by atoms with Crippen molar-refractivity contribution in [1.29, 1.82) is 0 Å². The number of carbonyl (C=O) groups excluding carboxylic acids is 1. The molecule has 4 nitrogen and oxygen atoms in total. The van der Waals surface area contributed by atoms with Gasteiger partial charge in [-0.25, -0.2) is 0 Å². The Labute approximate surface area is 195 Å². The first-order chi connectivity index (χ1) is 13.1. The number of carbonyl (C=O) groups is 1. The maximum absolute atomic E-state index is 12.2. The van der Waals surface area contributed by atoms with Gasteiger partial charge in [0.25, 0.3) is 0 Å². The molecule has 0 aromatic heterocycles. The topological polar surface area (TPSA) is 53.2 Å². The van der Waals surface area contributed by atoms with Crippen LogP contribution in [-0.2, 0) is 4.79 Å². The number of amides is 1. The van der Waals surface area contributed by atoms with E-state index in [4.69, 9.17) is 58.0 Å². The van der Waals surface area contributed by atoms with Gasteiger partial charge >= 0.3 is 197 Å². The fraction of sp³-hybridized carbons (Fsp3) is 0.111. The van der Waals surface area contributed by atoms with E-state index in [9.17, 15) is 4.79 Å². The number of benzene rings is 2. The average Bonchev–Trinajstić information content (AvgIpc) is 2.62. The number of anilines is 1. The summed E-state index contributed by atoms with van der Waals surface area (Å²) in [6.45, 7) is 0. The predicted octanol–water partition coefficient (Wildman–Crippen LogP) is 4.78. The van der Waals surface area contributed by atoms with Gasteiger partial charge < -0.3 is 0 Å². The van der Waals surface area contributed by atoms with Crippen LogP contribution in [0.25, 0.3) is 6.08 Å². The number of rotatable bonds is 7. The van der Waals surface area contributed by atoms with E-state index in [2.05, 4.69) is 31.5 Å². The Balaban J connectivity index is 2.02. The molecule has 2 aromatic rings. The standard InChI is InChI=1S/C18H14Cl5N3OSe/c19-12-7-8-14(13(20)10-12)24-17(28)26-16(18(21,22)23)25-15(27)9-6-11-4-2-1-3-5-11/h1-10,16H,(H,25,27)(H2,24,26,28)/b9-6+. The molecule has 0 fully saturated rings. The van der Waals surface area contributed by atoms with Crippen molar-refractivity contribution in [2.75, 3.05) is 5.32 Å². The summed E-state index contributed by atoms with van der Waals surface area (Å²) in [7, 11) is 0. The Morgan fingerprint density at radius 3 is 2.32 bits per heavy atom. The third kappa shape index (κ3) is 7.84. The van der Waals surface area contributed by atoms with Gasteiger partial charge in [0.1, 0.15) is 0 Å². The second-order valence-electron chi connectivity index (χ2n) is 5.45. The zero-order valence-corrected chi connectivity index (χ0v) is 19.5. The molecule has 1 amide bonds. The molecule has 0 saturated heterocycles. The average molecular weight is 545 g/mol. The van der Waals surface area contributed by atoms with E-state index >= 15 is 0 Å². The van der Waals surface area contributed by atoms with Gasteiger partial charge in [-0.05, 0) is 0 Å². The van der Waals surface area contributed by atoms with E-state index in [0.29, 0.717) is 20.4 Å². The third-order valence-electron chi connectivity index (χ3n) is 3.30. The summed E-state index contributed by atoms with van der Waals surface area (Å²) < 4.78 is -1.44. The van der Waals surface area contributed by atoms with Gasteiger partial charge in [0, 0.05) is 0 Å². The molecule has 28 heavy (non-hydrogen) atoms. The molecule has 0 bridgehead atoms. The van der Waals surface area contributed by atoms with Gasteiger partial charge in [-0.1, -0.05) is 0 Å². The number of alkyl halides is 3. The van der Waals surface area contributed by atoms with Crippen molar-refractivity contribution in [1.82, 2.24) is 10.6 Å². The molecule has 10 heteroatoms. The zero-order chi connectivity index (χ0) is 20.7. The second kappa shape index (κ2) is 10.7. The fourth-order valence-electron chi connectivity index (χ4n) is 2.01. The van der Waals surface area contributed by atoms with Crippen molar-refractivity contribution >= 4 is 95.9 Å². The second-order valence-corrected chi connectivity index (χ2v) is 9.52. The summed E-state index contributed by atoms with van der Waals surface area (Å²) >= 11 is 32.7. The first-order valence-electron chi connectivity index (χ1n) is 7.78. The molecule has 0 aliphatic heterocycles. The van der Waals surface area contributed by atoms with Gasteiger partial charge in [0.05, 0.1) is 0 Å². The Kier molecular flexibility index (Phi) is 8.97. The van der Waals surface area contributed by atoms with Crippen LogP contribution in [0, 0.1) is 0 Å². The number of hydrogen-bond donors (Lipinski definition) is 3. The van der Waals surface area contributed by atoms with Crippen molar-refractivity contribution in [3.05, 3.63) is 70.2 Å². The molecule has 148 valence electrons. The summed E-state index contributed by atoms with van der Waals surface area (Å²) in [5.41, 5.74) is 1.44. The van der Waals surface area contributed by atoms with Gasteiger partial charge in [0.2, 0.25) is 0 Å². The van der Waals surface area contributed by atoms with E-state index in [1.807, 2.05) is 30.3 Å². The molecule has 0 heterocycles. The Bertz CT molecular complexity index is 871. The molecule has 2 rings (SSSR count). The van der Waals surface area contributed by atoms with Crippen molar-refractivity contribution < 1.29 is 4.79 Å². The van der Waals surface area contributed by atoms with Crippen molar-refractivity contribution in [3.8, 4) is 0 Å². The summed E-state index contributed by atoms with van der Waals surface area (Å²) in [4.78, 5) is 12.2. The van der Waals surface area contributed by atoms with Crippen LogP contribution in [0.2, 0.25) is 10.0 Å². The van der Waals surface area contributed by atoms with Crippen LogP contribution in [0.3, 0.4) is 0 Å². The number of halogens is 5. The zero-order valence-electron chi connectivity index (χ0n) is 14.1. The van der Waals surface area contributed by atoms with Crippen molar-refractivity contribution in [2.24, 2.45) is 0 Å². The van der Waals surface area contributed by atoms with Crippen LogP contribution in [0.1, 0.15) is 5.56 Å². The SMILES string of the molecule is O=C(/C=C/c1ccccc1)NC(NC(=[Se])Nc1ccc(Cl)cc1Cl)C(Cl)(Cl)Cl. The molecular formula is C18H14Cl5N3OSe. The van der Waals surface area contributed by atoms with Crippen molar-refractivity contribution in [3.63, 3.8) is 0 Å². The molecule has 0 radical (unpaired) electrons. The van der Waals surface area contributed by atoms with Gasteiger partial charge in [-0.15, -0.1) is 0 Å². The van der Waals surface area contributed by atoms with Gasteiger partial charge in [0.15, 0.2) is 0 Å². The Morgan fingerprint density at radius 2 is 1.71 bits per heavy atom. The Hall–Kier alpha value is -0.911. The van der Waals surface area contributed by atoms with Crippen LogP contribution in [0.15, 0.2) is 54.6 Å². The summed E-state index contributed by atoms with van der Waals surface area (Å²) in [6.07, 6.45) is 1.97. The van der Waals surface area contributed by atoms with Crippen LogP contribution < -0.4 is 16.0 Å². The normalized spacial score (nSPS) is 12.5. The molecule has 2 aromatic carbocycles. The van der Waals surface area contributed by atoms with Gasteiger partial charge in [-0.2, -0.15) is 0 Å². The van der Waals surface area contributed by atoms with Crippen LogP contribution in [-0.4, -0.2) is 36.1 Å². The van der Waals surface area contributed by atoms with E-state index in [1.165, 1.54) is 6.08 Å². The number of nitrogens with one attached hydrogen (secondary N) is 3. The molecule has 0 aliphatic rings. The predicted molar refractivity (Wildman–Crippen MR) is 122 cm³/mol. The van der Waals surface area contributed by atoms with Gasteiger partial charge in [-0.3, -0.25) is 0 Å². The molecule has 3 N–H and O–H groups in total. The van der Waals surface area contributed by atoms with E-state index in [-0.39, 0.29) is 0 Å². The number of hydrogen-bond acceptors (Lipinski definition) is 3. The molecular weight excluding hydrogens is 530 g/mol. The molecule has 0 saturated carbocycles. The maximum atomic E-state index is 12.2. The van der Waals surface area contributed by atoms with Crippen LogP contribution in [0.4, 0.5) is 5.69 Å². The molecule has 0 aliphatic carbocycles. The summed E-state index contributed by atoms with van der Waals surface area (Å²) in [5, 5.41) is 9.36. The fourth-order valence-corrected chi connectivity index (χ4v) is 3.27. The third-order valence-corrected chi connectivity index (χ3v) is 4.96. The van der Waals surface area contributed by atoms with E-state index in [1.54, 1.807) is 24.3 Å². The van der Waals surface area contributed by atoms with Crippen LogP contribution >= 0.6 is 58.0 Å². The monoisotopic (exact) mass is 543 g/mol. The van der Waals surface area contributed by atoms with E-state index < -0.39 is 15.9 Å². The summed E-state index contributed by atoms with van der Waals surface area (Å²) in [5.74, 6) is -0.440. The molecule has 0 spiro atoms. The minimum atomic E-state index is -1.82. The van der Waals surface area contributed by atoms with E-state index in [0.717, 1.165) is 5.56 Å². The van der Waals surface area contributed by atoms with Crippen molar-refractivity contribution in [2.45, 2.75) is 9.96 Å². The Morgan fingerprint density at radius 1 is 1.04 bits per heavy atom. The first-order valence-corrected chi connectivity index (χ1v) is 10.5. The first kappa shape index (κ1) is 23.4. The quantitative estimate of drug-likeness (QED) is 0.204.